The van der Waals surface area contributed by atoms with Crippen molar-refractivity contribution in [3.05, 3.63) is 57.0 Å². The van der Waals surface area contributed by atoms with E-state index >= 15 is 0 Å². The SMILES string of the molecule is CCc1nocc1Cn1ccc2c(Br)cncc2c1=O. The zero-order valence-electron chi connectivity index (χ0n) is 10.8. The van der Waals surface area contributed by atoms with Crippen LogP contribution in [-0.4, -0.2) is 14.7 Å². The standard InChI is InChI=1S/C14H12BrN3O2/c1-2-13-9(8-20-17-13)7-18-4-3-10-11(14(18)19)5-16-6-12(10)15/h3-6,8H,2,7H2,1H3. The van der Waals surface area contributed by atoms with Gasteiger partial charge in [0.15, 0.2) is 0 Å². The van der Waals surface area contributed by atoms with E-state index in [0.29, 0.717) is 11.9 Å². The molecule has 0 unspecified atom stereocenters. The van der Waals surface area contributed by atoms with Crippen LogP contribution < -0.4 is 5.56 Å². The van der Waals surface area contributed by atoms with E-state index in [1.54, 1.807) is 29.4 Å². The molecule has 6 heteroatoms. The predicted octanol–water partition coefficient (Wildman–Crippen LogP) is 2.76. The summed E-state index contributed by atoms with van der Waals surface area (Å²) in [6.07, 6.45) is 7.42. The predicted molar refractivity (Wildman–Crippen MR) is 78.7 cm³/mol. The molecule has 0 amide bonds. The van der Waals surface area contributed by atoms with Gasteiger partial charge in [0.25, 0.3) is 5.56 Å². The highest BCUT2D eigenvalue weighted by molar-refractivity contribution is 9.10. The van der Waals surface area contributed by atoms with Crippen LogP contribution in [0.15, 0.2) is 44.7 Å². The Morgan fingerprint density at radius 3 is 3.00 bits per heavy atom. The second kappa shape index (κ2) is 5.20. The van der Waals surface area contributed by atoms with Crippen LogP contribution in [0.3, 0.4) is 0 Å². The summed E-state index contributed by atoms with van der Waals surface area (Å²) >= 11 is 3.40. The summed E-state index contributed by atoms with van der Waals surface area (Å²) in [4.78, 5) is 16.5. The normalized spacial score (nSPS) is 11.1. The zero-order chi connectivity index (χ0) is 14.1. The van der Waals surface area contributed by atoms with Gasteiger partial charge in [-0.2, -0.15) is 0 Å². The smallest absolute Gasteiger partial charge is 0.260 e. The summed E-state index contributed by atoms with van der Waals surface area (Å²) in [6, 6.07) is 1.90. The van der Waals surface area contributed by atoms with Gasteiger partial charge in [-0.1, -0.05) is 12.1 Å². The minimum Gasteiger partial charge on any atom is -0.364 e. The molecule has 3 rings (SSSR count). The second-order valence-corrected chi connectivity index (χ2v) is 5.33. The third kappa shape index (κ3) is 2.16. The quantitative estimate of drug-likeness (QED) is 0.739. The highest BCUT2D eigenvalue weighted by Gasteiger charge is 2.10. The third-order valence-electron chi connectivity index (χ3n) is 3.26. The number of hydrogen-bond acceptors (Lipinski definition) is 4. The van der Waals surface area contributed by atoms with Crippen molar-refractivity contribution >= 4 is 26.7 Å². The molecule has 102 valence electrons. The lowest BCUT2D eigenvalue weighted by molar-refractivity contribution is 0.412. The molecule has 0 bridgehead atoms. The minimum atomic E-state index is -0.0699. The van der Waals surface area contributed by atoms with Gasteiger partial charge in [-0.25, -0.2) is 0 Å². The maximum Gasteiger partial charge on any atom is 0.260 e. The number of aryl methyl sites for hydroxylation is 1. The number of aromatic nitrogens is 3. The molecule has 3 aromatic rings. The van der Waals surface area contributed by atoms with Crippen LogP contribution in [0.1, 0.15) is 18.2 Å². The van der Waals surface area contributed by atoms with Gasteiger partial charge in [0.1, 0.15) is 6.26 Å². The Labute approximate surface area is 123 Å². The van der Waals surface area contributed by atoms with E-state index in [-0.39, 0.29) is 5.56 Å². The topological polar surface area (TPSA) is 60.9 Å². The second-order valence-electron chi connectivity index (χ2n) is 4.47. The van der Waals surface area contributed by atoms with Crippen LogP contribution in [0.25, 0.3) is 10.8 Å². The molecule has 0 fully saturated rings. The summed E-state index contributed by atoms with van der Waals surface area (Å²) in [5, 5.41) is 5.38. The fourth-order valence-electron chi connectivity index (χ4n) is 2.18. The van der Waals surface area contributed by atoms with Crippen LogP contribution in [-0.2, 0) is 13.0 Å². The monoisotopic (exact) mass is 333 g/mol. The Balaban J connectivity index is 2.10. The Morgan fingerprint density at radius 2 is 2.20 bits per heavy atom. The summed E-state index contributed by atoms with van der Waals surface area (Å²) in [6.45, 7) is 2.46. The summed E-state index contributed by atoms with van der Waals surface area (Å²) in [5.41, 5.74) is 1.74. The number of halogens is 1. The first-order valence-electron chi connectivity index (χ1n) is 6.25. The van der Waals surface area contributed by atoms with E-state index < -0.39 is 0 Å². The lowest BCUT2D eigenvalue weighted by atomic mass is 10.2. The number of rotatable bonds is 3. The molecule has 3 heterocycles. The lowest BCUT2D eigenvalue weighted by Gasteiger charge is -2.07. The van der Waals surface area contributed by atoms with Gasteiger partial charge in [0, 0.05) is 34.0 Å². The molecule has 0 aliphatic heterocycles. The fourth-order valence-corrected chi connectivity index (χ4v) is 2.64. The molecular weight excluding hydrogens is 322 g/mol. The van der Waals surface area contributed by atoms with E-state index in [4.69, 9.17) is 4.52 Å². The summed E-state index contributed by atoms with van der Waals surface area (Å²) in [5.74, 6) is 0. The average Bonchev–Trinajstić information content (AvgIpc) is 2.90. The average molecular weight is 334 g/mol. The van der Waals surface area contributed by atoms with Crippen molar-refractivity contribution in [2.24, 2.45) is 0 Å². The van der Waals surface area contributed by atoms with Gasteiger partial charge in [0.05, 0.1) is 17.6 Å². The summed E-state index contributed by atoms with van der Waals surface area (Å²) in [7, 11) is 0. The molecule has 5 nitrogen and oxygen atoms in total. The van der Waals surface area contributed by atoms with Crippen LogP contribution in [0.5, 0.6) is 0 Å². The molecule has 0 spiro atoms. The van der Waals surface area contributed by atoms with E-state index in [2.05, 4.69) is 26.1 Å². The zero-order valence-corrected chi connectivity index (χ0v) is 12.4. The van der Waals surface area contributed by atoms with Crippen molar-refractivity contribution in [3.63, 3.8) is 0 Å². The third-order valence-corrected chi connectivity index (χ3v) is 3.89. The van der Waals surface area contributed by atoms with Gasteiger partial charge >= 0.3 is 0 Å². The highest BCUT2D eigenvalue weighted by Crippen LogP contribution is 2.19. The fraction of sp³-hybridized carbons (Fsp3) is 0.214. The minimum absolute atomic E-state index is 0.0699. The first-order chi connectivity index (χ1) is 9.70. The van der Waals surface area contributed by atoms with Crippen LogP contribution >= 0.6 is 15.9 Å². The number of pyridine rings is 2. The summed E-state index contributed by atoms with van der Waals surface area (Å²) < 4.78 is 7.43. The van der Waals surface area contributed by atoms with Crippen molar-refractivity contribution < 1.29 is 4.52 Å². The molecule has 3 aromatic heterocycles. The Bertz CT molecular complexity index is 823. The molecule has 0 N–H and O–H groups in total. The van der Waals surface area contributed by atoms with Gasteiger partial charge in [0.2, 0.25) is 0 Å². The van der Waals surface area contributed by atoms with Crippen molar-refractivity contribution in [2.75, 3.05) is 0 Å². The van der Waals surface area contributed by atoms with Gasteiger partial charge in [-0.15, -0.1) is 0 Å². The van der Waals surface area contributed by atoms with Crippen LogP contribution in [0.4, 0.5) is 0 Å². The van der Waals surface area contributed by atoms with E-state index in [9.17, 15) is 4.79 Å². The maximum absolute atomic E-state index is 12.5. The molecular formula is C14H12BrN3O2. The van der Waals surface area contributed by atoms with Crippen LogP contribution in [0.2, 0.25) is 0 Å². The molecule has 20 heavy (non-hydrogen) atoms. The molecule has 0 atom stereocenters. The Kier molecular flexibility index (Phi) is 3.40. The number of fused-ring (bicyclic) bond motifs is 1. The van der Waals surface area contributed by atoms with E-state index in [1.165, 1.54) is 0 Å². The molecule has 0 saturated carbocycles. The Morgan fingerprint density at radius 1 is 1.35 bits per heavy atom. The molecule has 0 saturated heterocycles. The van der Waals surface area contributed by atoms with E-state index in [0.717, 1.165) is 27.5 Å². The van der Waals surface area contributed by atoms with Gasteiger partial charge in [-0.3, -0.25) is 9.78 Å². The van der Waals surface area contributed by atoms with E-state index in [1.807, 2.05) is 13.0 Å². The molecule has 0 aromatic carbocycles. The highest BCUT2D eigenvalue weighted by atomic mass is 79.9. The largest absolute Gasteiger partial charge is 0.364 e. The van der Waals surface area contributed by atoms with Crippen molar-refractivity contribution in [1.29, 1.82) is 0 Å². The molecule has 0 aliphatic carbocycles. The van der Waals surface area contributed by atoms with Crippen LogP contribution in [0, 0.1) is 0 Å². The van der Waals surface area contributed by atoms with Crippen molar-refractivity contribution in [1.82, 2.24) is 14.7 Å². The first kappa shape index (κ1) is 13.1. The van der Waals surface area contributed by atoms with Crippen molar-refractivity contribution in [2.45, 2.75) is 19.9 Å². The Hall–Kier alpha value is -1.95. The van der Waals surface area contributed by atoms with Gasteiger partial charge < -0.3 is 9.09 Å². The number of hydrogen-bond donors (Lipinski definition) is 0. The maximum atomic E-state index is 12.5. The molecule has 0 radical (unpaired) electrons. The molecule has 0 aliphatic rings. The van der Waals surface area contributed by atoms with Gasteiger partial charge in [-0.05, 0) is 28.4 Å². The number of nitrogens with zero attached hydrogens (tertiary/aromatic N) is 3. The lowest BCUT2D eigenvalue weighted by Crippen LogP contribution is -2.20. The first-order valence-corrected chi connectivity index (χ1v) is 7.04. The van der Waals surface area contributed by atoms with Crippen molar-refractivity contribution in [3.8, 4) is 0 Å².